The molecule has 1 amide bonds. The number of carbonyl (C=O) groups excluding carboxylic acids is 1. The van der Waals surface area contributed by atoms with Gasteiger partial charge < -0.3 is 10.4 Å². The minimum absolute atomic E-state index is 0.0411. The summed E-state index contributed by atoms with van der Waals surface area (Å²) >= 11 is 1.58. The van der Waals surface area contributed by atoms with Gasteiger partial charge in [0, 0.05) is 11.3 Å². The van der Waals surface area contributed by atoms with Crippen LogP contribution in [0, 0.1) is 0 Å². The van der Waals surface area contributed by atoms with Crippen LogP contribution in [0.1, 0.15) is 36.7 Å². The van der Waals surface area contributed by atoms with Crippen molar-refractivity contribution in [1.82, 2.24) is 5.32 Å². The Morgan fingerprint density at radius 2 is 2.00 bits per heavy atom. The molecule has 0 fully saturated rings. The zero-order valence-corrected chi connectivity index (χ0v) is 12.2. The van der Waals surface area contributed by atoms with E-state index in [1.54, 1.807) is 30.0 Å². The van der Waals surface area contributed by atoms with Gasteiger partial charge in [-0.05, 0) is 17.7 Å². The van der Waals surface area contributed by atoms with Crippen LogP contribution in [0.15, 0.2) is 24.3 Å². The van der Waals surface area contributed by atoms with E-state index in [1.807, 2.05) is 0 Å². The average Bonchev–Trinajstić information content (AvgIpc) is 2.33. The van der Waals surface area contributed by atoms with Gasteiger partial charge in [-0.3, -0.25) is 4.79 Å². The van der Waals surface area contributed by atoms with E-state index in [0.717, 1.165) is 5.56 Å². The molecule has 0 aliphatic rings. The number of amides is 1. The number of thioether (sulfide) groups is 1. The minimum Gasteiger partial charge on any atom is -0.478 e. The third-order valence-electron chi connectivity index (χ3n) is 2.30. The van der Waals surface area contributed by atoms with E-state index in [9.17, 15) is 9.59 Å². The smallest absolute Gasteiger partial charge is 0.335 e. The fourth-order valence-electron chi connectivity index (χ4n) is 1.35. The first-order valence-corrected chi connectivity index (χ1v) is 6.99. The summed E-state index contributed by atoms with van der Waals surface area (Å²) in [5.41, 5.74) is 1.02. The lowest BCUT2D eigenvalue weighted by Gasteiger charge is -2.17. The lowest BCUT2D eigenvalue weighted by atomic mass is 10.1. The van der Waals surface area contributed by atoms with E-state index in [0.29, 0.717) is 12.3 Å². The highest BCUT2D eigenvalue weighted by molar-refractivity contribution is 8.01. The van der Waals surface area contributed by atoms with Crippen molar-refractivity contribution in [1.29, 1.82) is 0 Å². The summed E-state index contributed by atoms with van der Waals surface area (Å²) in [6, 6.07) is 6.57. The maximum absolute atomic E-state index is 11.6. The summed E-state index contributed by atoms with van der Waals surface area (Å²) in [5.74, 6) is -0.598. The van der Waals surface area contributed by atoms with Crippen molar-refractivity contribution in [2.75, 3.05) is 5.75 Å². The Morgan fingerprint density at radius 3 is 2.58 bits per heavy atom. The van der Waals surface area contributed by atoms with Crippen LogP contribution in [0.3, 0.4) is 0 Å². The largest absolute Gasteiger partial charge is 0.478 e. The van der Waals surface area contributed by atoms with Gasteiger partial charge in [0.15, 0.2) is 0 Å². The van der Waals surface area contributed by atoms with Crippen molar-refractivity contribution in [2.45, 2.75) is 32.1 Å². The molecule has 1 aromatic carbocycles. The number of aromatic carboxylic acids is 1. The molecule has 104 valence electrons. The van der Waals surface area contributed by atoms with Gasteiger partial charge in [-0.1, -0.05) is 32.9 Å². The van der Waals surface area contributed by atoms with Crippen LogP contribution in [-0.4, -0.2) is 27.5 Å². The van der Waals surface area contributed by atoms with Crippen molar-refractivity contribution in [3.8, 4) is 0 Å². The number of carbonyl (C=O) groups is 2. The van der Waals surface area contributed by atoms with Crippen LogP contribution in [0.4, 0.5) is 0 Å². The molecule has 0 saturated heterocycles. The molecule has 0 heterocycles. The second-order valence-corrected chi connectivity index (χ2v) is 6.99. The van der Waals surface area contributed by atoms with Gasteiger partial charge in [0.05, 0.1) is 11.3 Å². The zero-order valence-electron chi connectivity index (χ0n) is 11.4. The number of hydrogen-bond acceptors (Lipinski definition) is 3. The van der Waals surface area contributed by atoms with Gasteiger partial charge in [0.1, 0.15) is 0 Å². The van der Waals surface area contributed by atoms with Crippen LogP contribution in [0.5, 0.6) is 0 Å². The third-order valence-corrected chi connectivity index (χ3v) is 3.57. The normalized spacial score (nSPS) is 11.1. The van der Waals surface area contributed by atoms with Gasteiger partial charge in [-0.2, -0.15) is 0 Å². The van der Waals surface area contributed by atoms with Gasteiger partial charge in [0.25, 0.3) is 0 Å². The monoisotopic (exact) mass is 281 g/mol. The van der Waals surface area contributed by atoms with Gasteiger partial charge >= 0.3 is 5.97 Å². The molecule has 19 heavy (non-hydrogen) atoms. The predicted molar refractivity (Wildman–Crippen MR) is 77.5 cm³/mol. The molecule has 4 nitrogen and oxygen atoms in total. The Kier molecular flexibility index (Phi) is 5.42. The fourth-order valence-corrected chi connectivity index (χ4v) is 2.01. The van der Waals surface area contributed by atoms with Crippen molar-refractivity contribution < 1.29 is 14.7 Å². The van der Waals surface area contributed by atoms with Crippen LogP contribution in [-0.2, 0) is 11.3 Å². The van der Waals surface area contributed by atoms with Crippen LogP contribution < -0.4 is 5.32 Å². The molecule has 0 bridgehead atoms. The summed E-state index contributed by atoms with van der Waals surface area (Å²) < 4.78 is 0.0561. The maximum Gasteiger partial charge on any atom is 0.335 e. The number of nitrogens with one attached hydrogen (secondary N) is 1. The molecular formula is C14H19NO3S. The van der Waals surface area contributed by atoms with Crippen molar-refractivity contribution >= 4 is 23.6 Å². The summed E-state index contributed by atoms with van der Waals surface area (Å²) in [4.78, 5) is 22.4. The molecule has 1 aromatic rings. The van der Waals surface area contributed by atoms with E-state index in [-0.39, 0.29) is 16.2 Å². The Morgan fingerprint density at radius 1 is 1.32 bits per heavy atom. The van der Waals surface area contributed by atoms with E-state index >= 15 is 0 Å². The standard InChI is InChI=1S/C14H19NO3S/c1-14(2,3)19-9-12(16)15-8-10-5-4-6-11(7-10)13(17)18/h4-7H,8-9H2,1-3H3,(H,15,16)(H,17,18). The first-order chi connectivity index (χ1) is 8.78. The van der Waals surface area contributed by atoms with Gasteiger partial charge in [0.2, 0.25) is 5.91 Å². The number of carboxylic acid groups (broad SMARTS) is 1. The Hall–Kier alpha value is -1.49. The molecular weight excluding hydrogens is 262 g/mol. The molecule has 2 N–H and O–H groups in total. The van der Waals surface area contributed by atoms with E-state index in [1.165, 1.54) is 6.07 Å². The molecule has 0 aliphatic carbocycles. The third kappa shape index (κ3) is 6.29. The highest BCUT2D eigenvalue weighted by Gasteiger charge is 2.13. The molecule has 0 spiro atoms. The Balaban J connectivity index is 2.46. The number of hydrogen-bond donors (Lipinski definition) is 2. The van der Waals surface area contributed by atoms with E-state index in [4.69, 9.17) is 5.11 Å². The van der Waals surface area contributed by atoms with Crippen LogP contribution in [0.2, 0.25) is 0 Å². The first-order valence-electron chi connectivity index (χ1n) is 6.01. The number of benzene rings is 1. The van der Waals surface area contributed by atoms with Crippen molar-refractivity contribution in [2.24, 2.45) is 0 Å². The van der Waals surface area contributed by atoms with Crippen molar-refractivity contribution in [3.63, 3.8) is 0 Å². The number of carboxylic acids is 1. The zero-order chi connectivity index (χ0) is 14.5. The average molecular weight is 281 g/mol. The lowest BCUT2D eigenvalue weighted by Crippen LogP contribution is -2.26. The Labute approximate surface area is 117 Å². The molecule has 1 rings (SSSR count). The number of rotatable bonds is 5. The van der Waals surface area contributed by atoms with E-state index < -0.39 is 5.97 Å². The summed E-state index contributed by atoms with van der Waals surface area (Å²) in [6.07, 6.45) is 0. The minimum atomic E-state index is -0.962. The van der Waals surface area contributed by atoms with Gasteiger partial charge in [-0.15, -0.1) is 11.8 Å². The summed E-state index contributed by atoms with van der Waals surface area (Å²) in [7, 11) is 0. The second kappa shape index (κ2) is 6.61. The molecule has 5 heteroatoms. The topological polar surface area (TPSA) is 66.4 Å². The second-order valence-electron chi connectivity index (χ2n) is 5.18. The quantitative estimate of drug-likeness (QED) is 0.870. The van der Waals surface area contributed by atoms with Crippen LogP contribution >= 0.6 is 11.8 Å². The summed E-state index contributed by atoms with van der Waals surface area (Å²) in [6.45, 7) is 6.52. The SMILES string of the molecule is CC(C)(C)SCC(=O)NCc1cccc(C(=O)O)c1. The molecule has 0 saturated carbocycles. The molecule has 0 unspecified atom stereocenters. The molecule has 0 radical (unpaired) electrons. The predicted octanol–water partition coefficient (Wildman–Crippen LogP) is 2.53. The van der Waals surface area contributed by atoms with E-state index in [2.05, 4.69) is 26.1 Å². The van der Waals surface area contributed by atoms with Crippen LogP contribution in [0.25, 0.3) is 0 Å². The lowest BCUT2D eigenvalue weighted by molar-refractivity contribution is -0.118. The Bertz CT molecular complexity index is 466. The highest BCUT2D eigenvalue weighted by Crippen LogP contribution is 2.22. The first kappa shape index (κ1) is 15.6. The molecule has 0 aliphatic heterocycles. The highest BCUT2D eigenvalue weighted by atomic mass is 32.2. The summed E-state index contributed by atoms with van der Waals surface area (Å²) in [5, 5.41) is 11.7. The van der Waals surface area contributed by atoms with Gasteiger partial charge in [-0.25, -0.2) is 4.79 Å². The fraction of sp³-hybridized carbons (Fsp3) is 0.429. The molecule has 0 aromatic heterocycles. The molecule has 0 atom stereocenters. The maximum atomic E-state index is 11.6. The van der Waals surface area contributed by atoms with Crippen molar-refractivity contribution in [3.05, 3.63) is 35.4 Å².